The normalized spacial score (nSPS) is 36.3. The molecule has 0 amide bonds. The monoisotopic (exact) mass is 262 g/mol. The summed E-state index contributed by atoms with van der Waals surface area (Å²) in [5.41, 5.74) is 0.442. The Morgan fingerprint density at radius 3 is 2.16 bits per heavy atom. The number of piperazine rings is 1. The lowest BCUT2D eigenvalue weighted by Crippen LogP contribution is -2.49. The van der Waals surface area contributed by atoms with E-state index in [1.807, 2.05) is 0 Å². The number of rotatable bonds is 3. The van der Waals surface area contributed by atoms with Crippen LogP contribution in [-0.2, 0) is 0 Å². The minimum Gasteiger partial charge on any atom is -0.300 e. The van der Waals surface area contributed by atoms with E-state index in [0.717, 1.165) is 17.8 Å². The Morgan fingerprint density at radius 1 is 0.947 bits per heavy atom. The number of fused-ring (bicyclic) bond motifs is 2. The molecule has 2 heteroatoms. The highest BCUT2D eigenvalue weighted by Crippen LogP contribution is 2.43. The molecular weight excluding hydrogens is 232 g/mol. The predicted octanol–water partition coefficient (Wildman–Crippen LogP) is 2.86. The van der Waals surface area contributed by atoms with Gasteiger partial charge in [0.25, 0.3) is 0 Å². The van der Waals surface area contributed by atoms with Gasteiger partial charge in [-0.05, 0) is 36.0 Å². The highest BCUT2D eigenvalue weighted by Gasteiger charge is 2.36. The summed E-state index contributed by atoms with van der Waals surface area (Å²) in [5, 5.41) is 0. The molecule has 108 valence electrons. The van der Waals surface area contributed by atoms with Crippen LogP contribution in [0.25, 0.3) is 0 Å². The molecule has 2 nitrogen and oxygen atoms in total. The molecule has 3 aliphatic rings. The van der Waals surface area contributed by atoms with E-state index in [1.54, 1.807) is 0 Å². The van der Waals surface area contributed by atoms with E-state index in [2.05, 4.69) is 42.7 Å². The first-order valence-electron chi connectivity index (χ1n) is 8.13. The van der Waals surface area contributed by atoms with Gasteiger partial charge in [-0.15, -0.1) is 0 Å². The number of nitrogens with zero attached hydrogens (tertiary/aromatic N) is 2. The first kappa shape index (κ1) is 13.6. The van der Waals surface area contributed by atoms with Gasteiger partial charge >= 0.3 is 0 Å². The molecule has 0 spiro atoms. The molecular formula is C17H30N2. The van der Waals surface area contributed by atoms with Crippen LogP contribution in [0.15, 0.2) is 12.2 Å². The van der Waals surface area contributed by atoms with E-state index in [0.29, 0.717) is 5.41 Å². The van der Waals surface area contributed by atoms with Crippen LogP contribution in [0.5, 0.6) is 0 Å². The van der Waals surface area contributed by atoms with E-state index in [9.17, 15) is 0 Å². The second-order valence-corrected chi connectivity index (χ2v) is 8.18. The summed E-state index contributed by atoms with van der Waals surface area (Å²) in [5.74, 6) is 2.80. The van der Waals surface area contributed by atoms with Crippen LogP contribution < -0.4 is 0 Å². The molecule has 3 atom stereocenters. The van der Waals surface area contributed by atoms with Crippen LogP contribution >= 0.6 is 0 Å². The van der Waals surface area contributed by atoms with Crippen LogP contribution in [0.3, 0.4) is 0 Å². The Morgan fingerprint density at radius 2 is 1.63 bits per heavy atom. The summed E-state index contributed by atoms with van der Waals surface area (Å²) in [6, 6.07) is 0. The third-order valence-electron chi connectivity index (χ3n) is 5.07. The summed E-state index contributed by atoms with van der Waals surface area (Å²) < 4.78 is 0. The molecule has 1 saturated heterocycles. The molecule has 1 saturated carbocycles. The van der Waals surface area contributed by atoms with Crippen molar-refractivity contribution in [3.05, 3.63) is 12.2 Å². The van der Waals surface area contributed by atoms with Crippen molar-refractivity contribution in [2.45, 2.75) is 33.6 Å². The molecule has 1 aliphatic heterocycles. The molecule has 3 unspecified atom stereocenters. The summed E-state index contributed by atoms with van der Waals surface area (Å²) in [7, 11) is 0. The quantitative estimate of drug-likeness (QED) is 0.722. The number of hydrogen-bond donors (Lipinski definition) is 0. The molecule has 0 aromatic rings. The van der Waals surface area contributed by atoms with E-state index in [-0.39, 0.29) is 0 Å². The summed E-state index contributed by atoms with van der Waals surface area (Å²) in [6.07, 6.45) is 7.87. The second kappa shape index (κ2) is 5.21. The Balaban J connectivity index is 1.42. The molecule has 2 aliphatic carbocycles. The van der Waals surface area contributed by atoms with Crippen LogP contribution in [0.1, 0.15) is 33.6 Å². The first-order chi connectivity index (χ1) is 8.99. The van der Waals surface area contributed by atoms with Gasteiger partial charge in [0, 0.05) is 39.3 Å². The van der Waals surface area contributed by atoms with Gasteiger partial charge in [0.05, 0.1) is 0 Å². The van der Waals surface area contributed by atoms with Gasteiger partial charge in [0.2, 0.25) is 0 Å². The SMILES string of the molecule is CC(C)(C)CN1CCN(CC2CC3C=CC2C3)CC1. The Kier molecular flexibility index (Phi) is 3.74. The zero-order valence-corrected chi connectivity index (χ0v) is 12.9. The van der Waals surface area contributed by atoms with Crippen molar-refractivity contribution in [1.29, 1.82) is 0 Å². The maximum Gasteiger partial charge on any atom is 0.0110 e. The van der Waals surface area contributed by atoms with E-state index < -0.39 is 0 Å². The Labute approximate surface area is 118 Å². The third-order valence-corrected chi connectivity index (χ3v) is 5.07. The summed E-state index contributed by atoms with van der Waals surface area (Å²) in [4.78, 5) is 5.37. The fourth-order valence-electron chi connectivity index (χ4n) is 4.24. The number of hydrogen-bond acceptors (Lipinski definition) is 2. The van der Waals surface area contributed by atoms with Gasteiger partial charge in [0.1, 0.15) is 0 Å². The van der Waals surface area contributed by atoms with Crippen molar-refractivity contribution in [3.63, 3.8) is 0 Å². The maximum atomic E-state index is 2.72. The largest absolute Gasteiger partial charge is 0.300 e. The molecule has 2 fully saturated rings. The smallest absolute Gasteiger partial charge is 0.0110 e. The average molecular weight is 262 g/mol. The second-order valence-electron chi connectivity index (χ2n) is 8.18. The Hall–Kier alpha value is -0.340. The Bertz CT molecular complexity index is 334. The molecule has 19 heavy (non-hydrogen) atoms. The molecule has 0 aromatic carbocycles. The van der Waals surface area contributed by atoms with Crippen molar-refractivity contribution in [3.8, 4) is 0 Å². The minimum atomic E-state index is 0.442. The summed E-state index contributed by atoms with van der Waals surface area (Å²) >= 11 is 0. The van der Waals surface area contributed by atoms with E-state index in [1.165, 1.54) is 52.1 Å². The minimum absolute atomic E-state index is 0.442. The summed E-state index contributed by atoms with van der Waals surface area (Å²) in [6.45, 7) is 14.8. The lowest BCUT2D eigenvalue weighted by atomic mass is 9.92. The average Bonchev–Trinajstić information content (AvgIpc) is 2.92. The fraction of sp³-hybridized carbons (Fsp3) is 0.882. The van der Waals surface area contributed by atoms with Gasteiger partial charge in [-0.1, -0.05) is 32.9 Å². The zero-order valence-electron chi connectivity index (χ0n) is 12.9. The molecule has 0 aromatic heterocycles. The molecule has 3 rings (SSSR count). The third kappa shape index (κ3) is 3.41. The maximum absolute atomic E-state index is 2.72. The first-order valence-corrected chi connectivity index (χ1v) is 8.13. The van der Waals surface area contributed by atoms with Crippen LogP contribution in [0.2, 0.25) is 0 Å². The highest BCUT2D eigenvalue weighted by molar-refractivity contribution is 5.10. The van der Waals surface area contributed by atoms with E-state index in [4.69, 9.17) is 0 Å². The lowest BCUT2D eigenvalue weighted by Gasteiger charge is -2.39. The van der Waals surface area contributed by atoms with Crippen molar-refractivity contribution in [2.24, 2.45) is 23.2 Å². The van der Waals surface area contributed by atoms with Gasteiger partial charge in [-0.3, -0.25) is 0 Å². The highest BCUT2D eigenvalue weighted by atomic mass is 15.3. The topological polar surface area (TPSA) is 6.48 Å². The van der Waals surface area contributed by atoms with Crippen molar-refractivity contribution < 1.29 is 0 Å². The van der Waals surface area contributed by atoms with E-state index >= 15 is 0 Å². The van der Waals surface area contributed by atoms with Crippen LogP contribution in [0, 0.1) is 23.2 Å². The van der Waals surface area contributed by atoms with Crippen molar-refractivity contribution in [1.82, 2.24) is 9.80 Å². The van der Waals surface area contributed by atoms with Crippen molar-refractivity contribution >= 4 is 0 Å². The standard InChI is InChI=1S/C17H30N2/c1-17(2,3)13-19-8-6-18(7-9-19)12-16-11-14-4-5-15(16)10-14/h4-5,14-16H,6-13H2,1-3H3. The van der Waals surface area contributed by atoms with Gasteiger partial charge < -0.3 is 9.80 Å². The predicted molar refractivity (Wildman–Crippen MR) is 81.2 cm³/mol. The zero-order chi connectivity index (χ0) is 13.5. The molecule has 2 bridgehead atoms. The number of allylic oxidation sites excluding steroid dienone is 2. The molecule has 1 heterocycles. The van der Waals surface area contributed by atoms with Gasteiger partial charge in [0.15, 0.2) is 0 Å². The molecule has 0 radical (unpaired) electrons. The lowest BCUT2D eigenvalue weighted by molar-refractivity contribution is 0.0891. The van der Waals surface area contributed by atoms with Gasteiger partial charge in [-0.2, -0.15) is 0 Å². The van der Waals surface area contributed by atoms with Crippen LogP contribution in [0.4, 0.5) is 0 Å². The van der Waals surface area contributed by atoms with Gasteiger partial charge in [-0.25, -0.2) is 0 Å². The molecule has 0 N–H and O–H groups in total. The van der Waals surface area contributed by atoms with Crippen LogP contribution in [-0.4, -0.2) is 49.1 Å². The van der Waals surface area contributed by atoms with Crippen molar-refractivity contribution in [2.75, 3.05) is 39.3 Å². The fourth-order valence-corrected chi connectivity index (χ4v) is 4.24.